The van der Waals surface area contributed by atoms with Crippen LogP contribution in [-0.2, 0) is 0 Å². The fraction of sp³-hybridized carbons (Fsp3) is 0.318. The second-order valence-corrected chi connectivity index (χ2v) is 7.23. The second kappa shape index (κ2) is 8.80. The molecule has 4 rings (SSSR count). The highest BCUT2D eigenvalue weighted by molar-refractivity contribution is 5.77. The first kappa shape index (κ1) is 18.4. The zero-order valence-electron chi connectivity index (χ0n) is 16.2. The van der Waals surface area contributed by atoms with Gasteiger partial charge in [0.15, 0.2) is 0 Å². The fourth-order valence-corrected chi connectivity index (χ4v) is 3.43. The summed E-state index contributed by atoms with van der Waals surface area (Å²) in [6, 6.07) is 12.3. The van der Waals surface area contributed by atoms with Crippen LogP contribution in [0.1, 0.15) is 18.5 Å². The van der Waals surface area contributed by atoms with Gasteiger partial charge in [-0.3, -0.25) is 4.98 Å². The van der Waals surface area contributed by atoms with E-state index in [0.717, 1.165) is 53.7 Å². The summed E-state index contributed by atoms with van der Waals surface area (Å²) in [5, 5.41) is 10.2. The molecule has 1 saturated heterocycles. The van der Waals surface area contributed by atoms with Gasteiger partial charge in [-0.05, 0) is 57.0 Å². The predicted octanol–water partition coefficient (Wildman–Crippen LogP) is 4.00. The number of rotatable bonds is 6. The van der Waals surface area contributed by atoms with Crippen molar-refractivity contribution in [1.29, 1.82) is 0 Å². The quantitative estimate of drug-likeness (QED) is 0.605. The van der Waals surface area contributed by atoms with E-state index in [1.807, 2.05) is 31.5 Å². The molecule has 144 valence electrons. The maximum atomic E-state index is 4.48. The summed E-state index contributed by atoms with van der Waals surface area (Å²) in [5.41, 5.74) is 5.12. The molecule has 0 saturated carbocycles. The minimum atomic E-state index is 0.564. The van der Waals surface area contributed by atoms with Gasteiger partial charge in [-0.1, -0.05) is 18.2 Å². The normalized spacial score (nSPS) is 14.6. The molecule has 0 aliphatic carbocycles. The second-order valence-electron chi connectivity index (χ2n) is 7.23. The Labute approximate surface area is 165 Å². The van der Waals surface area contributed by atoms with E-state index in [1.54, 1.807) is 6.20 Å². The lowest BCUT2D eigenvalue weighted by Gasteiger charge is -2.24. The highest BCUT2D eigenvalue weighted by atomic mass is 15.1. The Bertz CT molecular complexity index is 886. The average Bonchev–Trinajstić information content (AvgIpc) is 2.75. The number of anilines is 3. The summed E-state index contributed by atoms with van der Waals surface area (Å²) in [4.78, 5) is 13.2. The maximum absolute atomic E-state index is 4.48. The Morgan fingerprint density at radius 1 is 0.964 bits per heavy atom. The standard InChI is InChI=1S/C22H26N6/c1-16-6-7-19(15-24-16)28-22-26-13-18(14-27-22)20-4-2-3-5-21(20)25-12-17-8-10-23-11-9-17/h2-7,13-15,17,23,25H,8-12H2,1H3,(H,26,27,28). The molecule has 0 atom stereocenters. The van der Waals surface area contributed by atoms with E-state index < -0.39 is 0 Å². The molecular formula is C22H26N6. The topological polar surface area (TPSA) is 74.8 Å². The summed E-state index contributed by atoms with van der Waals surface area (Å²) in [6.07, 6.45) is 7.97. The van der Waals surface area contributed by atoms with Crippen LogP contribution in [0.3, 0.4) is 0 Å². The number of para-hydroxylation sites is 1. The lowest BCUT2D eigenvalue weighted by atomic mass is 9.97. The largest absolute Gasteiger partial charge is 0.384 e. The highest BCUT2D eigenvalue weighted by Crippen LogP contribution is 2.28. The van der Waals surface area contributed by atoms with Crippen molar-refractivity contribution in [2.75, 3.05) is 30.3 Å². The molecular weight excluding hydrogens is 348 g/mol. The number of pyridine rings is 1. The Kier molecular flexibility index (Phi) is 5.77. The lowest BCUT2D eigenvalue weighted by molar-refractivity contribution is 0.390. The van der Waals surface area contributed by atoms with E-state index >= 15 is 0 Å². The molecule has 0 radical (unpaired) electrons. The van der Waals surface area contributed by atoms with E-state index in [9.17, 15) is 0 Å². The van der Waals surface area contributed by atoms with Crippen molar-refractivity contribution in [3.63, 3.8) is 0 Å². The number of nitrogens with zero attached hydrogens (tertiary/aromatic N) is 3. The predicted molar refractivity (Wildman–Crippen MR) is 114 cm³/mol. The van der Waals surface area contributed by atoms with Gasteiger partial charge in [-0.2, -0.15) is 0 Å². The van der Waals surface area contributed by atoms with E-state index in [-0.39, 0.29) is 0 Å². The third-order valence-electron chi connectivity index (χ3n) is 5.10. The van der Waals surface area contributed by atoms with Gasteiger partial charge in [0.2, 0.25) is 5.95 Å². The van der Waals surface area contributed by atoms with Crippen molar-refractivity contribution >= 4 is 17.3 Å². The molecule has 28 heavy (non-hydrogen) atoms. The van der Waals surface area contributed by atoms with E-state index in [2.05, 4.69) is 55.2 Å². The van der Waals surface area contributed by atoms with Crippen LogP contribution in [0.2, 0.25) is 0 Å². The van der Waals surface area contributed by atoms with Gasteiger partial charge in [-0.25, -0.2) is 9.97 Å². The van der Waals surface area contributed by atoms with Crippen molar-refractivity contribution in [3.05, 3.63) is 60.7 Å². The monoisotopic (exact) mass is 374 g/mol. The van der Waals surface area contributed by atoms with Gasteiger partial charge in [0.05, 0.1) is 11.9 Å². The zero-order chi connectivity index (χ0) is 19.2. The maximum Gasteiger partial charge on any atom is 0.227 e. The van der Waals surface area contributed by atoms with Crippen molar-refractivity contribution in [2.45, 2.75) is 19.8 Å². The van der Waals surface area contributed by atoms with Crippen LogP contribution in [0.25, 0.3) is 11.1 Å². The number of piperidine rings is 1. The van der Waals surface area contributed by atoms with Gasteiger partial charge in [0, 0.05) is 41.4 Å². The van der Waals surface area contributed by atoms with Crippen molar-refractivity contribution in [3.8, 4) is 11.1 Å². The minimum absolute atomic E-state index is 0.564. The van der Waals surface area contributed by atoms with Crippen molar-refractivity contribution < 1.29 is 0 Å². The zero-order valence-corrected chi connectivity index (χ0v) is 16.2. The number of hydrogen-bond donors (Lipinski definition) is 3. The van der Waals surface area contributed by atoms with Crippen LogP contribution in [0.5, 0.6) is 0 Å². The molecule has 1 fully saturated rings. The summed E-state index contributed by atoms with van der Waals surface area (Å²) in [6.45, 7) is 5.20. The van der Waals surface area contributed by atoms with Gasteiger partial charge < -0.3 is 16.0 Å². The molecule has 1 aliphatic heterocycles. The number of benzene rings is 1. The van der Waals surface area contributed by atoms with Crippen LogP contribution in [0, 0.1) is 12.8 Å². The first-order valence-corrected chi connectivity index (χ1v) is 9.83. The van der Waals surface area contributed by atoms with Crippen LogP contribution < -0.4 is 16.0 Å². The highest BCUT2D eigenvalue weighted by Gasteiger charge is 2.13. The molecule has 3 heterocycles. The minimum Gasteiger partial charge on any atom is -0.384 e. The Hall–Kier alpha value is -2.99. The van der Waals surface area contributed by atoms with E-state index in [1.165, 1.54) is 12.8 Å². The molecule has 0 amide bonds. The lowest BCUT2D eigenvalue weighted by Crippen LogP contribution is -2.31. The number of aromatic nitrogens is 3. The molecule has 3 aromatic rings. The SMILES string of the molecule is Cc1ccc(Nc2ncc(-c3ccccc3NCC3CCNCC3)cn2)cn1. The molecule has 2 aromatic heterocycles. The average molecular weight is 374 g/mol. The third-order valence-corrected chi connectivity index (χ3v) is 5.10. The summed E-state index contributed by atoms with van der Waals surface area (Å²) >= 11 is 0. The van der Waals surface area contributed by atoms with E-state index in [4.69, 9.17) is 0 Å². The van der Waals surface area contributed by atoms with Crippen molar-refractivity contribution in [1.82, 2.24) is 20.3 Å². The summed E-state index contributed by atoms with van der Waals surface area (Å²) in [5.74, 6) is 1.29. The molecule has 3 N–H and O–H groups in total. The fourth-order valence-electron chi connectivity index (χ4n) is 3.43. The molecule has 6 heteroatoms. The number of nitrogens with one attached hydrogen (secondary N) is 3. The Balaban J connectivity index is 1.45. The van der Waals surface area contributed by atoms with Crippen molar-refractivity contribution in [2.24, 2.45) is 5.92 Å². The Morgan fingerprint density at radius 3 is 2.50 bits per heavy atom. The van der Waals surface area contributed by atoms with Gasteiger partial charge >= 0.3 is 0 Å². The smallest absolute Gasteiger partial charge is 0.227 e. The molecule has 0 spiro atoms. The van der Waals surface area contributed by atoms with Gasteiger partial charge in [0.25, 0.3) is 0 Å². The first-order chi connectivity index (χ1) is 13.8. The molecule has 6 nitrogen and oxygen atoms in total. The third kappa shape index (κ3) is 4.64. The van der Waals surface area contributed by atoms with Gasteiger partial charge in [0.1, 0.15) is 0 Å². The molecule has 0 bridgehead atoms. The molecule has 1 aromatic carbocycles. The summed E-state index contributed by atoms with van der Waals surface area (Å²) in [7, 11) is 0. The van der Waals surface area contributed by atoms with Crippen LogP contribution in [0.4, 0.5) is 17.3 Å². The molecule has 1 aliphatic rings. The summed E-state index contributed by atoms with van der Waals surface area (Å²) < 4.78 is 0. The van der Waals surface area contributed by atoms with Crippen LogP contribution in [0.15, 0.2) is 55.0 Å². The molecule has 0 unspecified atom stereocenters. The van der Waals surface area contributed by atoms with Gasteiger partial charge in [-0.15, -0.1) is 0 Å². The van der Waals surface area contributed by atoms with Crippen LogP contribution in [-0.4, -0.2) is 34.6 Å². The van der Waals surface area contributed by atoms with E-state index in [0.29, 0.717) is 5.95 Å². The number of hydrogen-bond acceptors (Lipinski definition) is 6. The number of aryl methyl sites for hydroxylation is 1. The van der Waals surface area contributed by atoms with Crippen LogP contribution >= 0.6 is 0 Å². The first-order valence-electron chi connectivity index (χ1n) is 9.83. The Morgan fingerprint density at radius 2 is 1.75 bits per heavy atom.